The molecular weight excluding hydrogens is 310 g/mol. The Balaban J connectivity index is 2.35. The zero-order chi connectivity index (χ0) is 15.3. The van der Waals surface area contributed by atoms with Crippen LogP contribution in [0.3, 0.4) is 0 Å². The van der Waals surface area contributed by atoms with Crippen molar-refractivity contribution < 1.29 is 13.5 Å². The van der Waals surface area contributed by atoms with Crippen LogP contribution >= 0.6 is 11.6 Å². The molecule has 0 fully saturated rings. The van der Waals surface area contributed by atoms with Gasteiger partial charge in [0.05, 0.1) is 15.6 Å². The van der Waals surface area contributed by atoms with Crippen LogP contribution in [0.15, 0.2) is 53.4 Å². The van der Waals surface area contributed by atoms with Gasteiger partial charge in [0.25, 0.3) is 10.0 Å². The van der Waals surface area contributed by atoms with Crippen LogP contribution in [0.2, 0.25) is 5.02 Å². The van der Waals surface area contributed by atoms with E-state index in [9.17, 15) is 8.42 Å². The molecule has 2 aromatic carbocycles. The van der Waals surface area contributed by atoms with Crippen molar-refractivity contribution in [3.05, 3.63) is 59.1 Å². The molecule has 2 aromatic rings. The molecule has 0 saturated heterocycles. The average molecular weight is 322 g/mol. The molecule has 108 valence electrons. The molecular formula is C15H12ClNO3S. The van der Waals surface area contributed by atoms with E-state index in [0.29, 0.717) is 5.56 Å². The Kier molecular flexibility index (Phi) is 4.86. The molecule has 0 spiro atoms. The third kappa shape index (κ3) is 3.99. The largest absolute Gasteiger partial charge is 0.384 e. The summed E-state index contributed by atoms with van der Waals surface area (Å²) in [6.45, 7) is -0.270. The van der Waals surface area contributed by atoms with Gasteiger partial charge >= 0.3 is 0 Å². The van der Waals surface area contributed by atoms with Gasteiger partial charge in [-0.2, -0.15) is 0 Å². The lowest BCUT2D eigenvalue weighted by molar-refractivity contribution is 0.350. The third-order valence-corrected chi connectivity index (χ3v) is 4.29. The number of anilines is 1. The first kappa shape index (κ1) is 15.4. The van der Waals surface area contributed by atoms with Crippen LogP contribution in [0.5, 0.6) is 0 Å². The van der Waals surface area contributed by atoms with Gasteiger partial charge in [0.2, 0.25) is 0 Å². The lowest BCUT2D eigenvalue weighted by Gasteiger charge is -2.10. The number of sulfonamides is 1. The van der Waals surface area contributed by atoms with Crippen LogP contribution in [-0.4, -0.2) is 20.1 Å². The van der Waals surface area contributed by atoms with Gasteiger partial charge in [0.15, 0.2) is 0 Å². The maximum absolute atomic E-state index is 12.2. The van der Waals surface area contributed by atoms with Gasteiger partial charge < -0.3 is 5.11 Å². The van der Waals surface area contributed by atoms with E-state index in [2.05, 4.69) is 16.6 Å². The van der Waals surface area contributed by atoms with Crippen LogP contribution in [0.4, 0.5) is 5.69 Å². The van der Waals surface area contributed by atoms with Crippen LogP contribution in [-0.2, 0) is 10.0 Å². The van der Waals surface area contributed by atoms with E-state index in [4.69, 9.17) is 16.7 Å². The minimum atomic E-state index is -3.71. The second-order valence-electron chi connectivity index (χ2n) is 4.07. The maximum atomic E-state index is 12.2. The Labute approximate surface area is 128 Å². The summed E-state index contributed by atoms with van der Waals surface area (Å²) in [5.74, 6) is 5.18. The van der Waals surface area contributed by atoms with E-state index in [1.165, 1.54) is 18.2 Å². The molecule has 0 atom stereocenters. The van der Waals surface area contributed by atoms with Gasteiger partial charge in [0.1, 0.15) is 6.61 Å². The molecule has 21 heavy (non-hydrogen) atoms. The molecule has 0 heterocycles. The van der Waals surface area contributed by atoms with Crippen LogP contribution in [0.25, 0.3) is 0 Å². The molecule has 0 aliphatic heterocycles. The zero-order valence-corrected chi connectivity index (χ0v) is 12.4. The Hall–Kier alpha value is -2.00. The first-order valence-electron chi connectivity index (χ1n) is 6.00. The molecule has 0 bridgehead atoms. The Bertz CT molecular complexity index is 793. The molecule has 2 N–H and O–H groups in total. The number of rotatable bonds is 3. The van der Waals surface area contributed by atoms with Crippen molar-refractivity contribution in [2.45, 2.75) is 4.90 Å². The quantitative estimate of drug-likeness (QED) is 0.854. The fraction of sp³-hybridized carbons (Fsp3) is 0.0667. The van der Waals surface area contributed by atoms with E-state index in [1.54, 1.807) is 30.3 Å². The van der Waals surface area contributed by atoms with E-state index in [-0.39, 0.29) is 22.2 Å². The summed E-state index contributed by atoms with van der Waals surface area (Å²) in [6, 6.07) is 12.7. The van der Waals surface area contributed by atoms with E-state index in [1.807, 2.05) is 0 Å². The molecule has 4 nitrogen and oxygen atoms in total. The number of benzene rings is 2. The summed E-state index contributed by atoms with van der Waals surface area (Å²) in [4.78, 5) is 0.146. The molecule has 6 heteroatoms. The zero-order valence-electron chi connectivity index (χ0n) is 10.9. The summed E-state index contributed by atoms with van der Waals surface area (Å²) >= 11 is 6.00. The highest BCUT2D eigenvalue weighted by molar-refractivity contribution is 7.92. The lowest BCUT2D eigenvalue weighted by atomic mass is 10.2. The van der Waals surface area contributed by atoms with Gasteiger partial charge in [-0.3, -0.25) is 4.72 Å². The predicted molar refractivity (Wildman–Crippen MR) is 82.7 cm³/mol. The average Bonchev–Trinajstić information content (AvgIpc) is 2.49. The van der Waals surface area contributed by atoms with Gasteiger partial charge in [-0.15, -0.1) is 0 Å². The van der Waals surface area contributed by atoms with Crippen molar-refractivity contribution >= 4 is 27.3 Å². The summed E-state index contributed by atoms with van der Waals surface area (Å²) < 4.78 is 26.9. The third-order valence-electron chi connectivity index (χ3n) is 2.58. The molecule has 0 radical (unpaired) electrons. The van der Waals surface area contributed by atoms with Crippen LogP contribution in [0.1, 0.15) is 5.56 Å². The van der Waals surface area contributed by atoms with Gasteiger partial charge in [-0.25, -0.2) is 8.42 Å². The number of nitrogens with one attached hydrogen (secondary N) is 1. The molecule has 0 saturated carbocycles. The van der Waals surface area contributed by atoms with Crippen molar-refractivity contribution in [2.75, 3.05) is 11.3 Å². The molecule has 0 aliphatic rings. The minimum Gasteiger partial charge on any atom is -0.384 e. The normalized spacial score (nSPS) is 10.6. The summed E-state index contributed by atoms with van der Waals surface area (Å²) in [6.07, 6.45) is 0. The Morgan fingerprint density at radius 3 is 2.52 bits per heavy atom. The topological polar surface area (TPSA) is 66.4 Å². The summed E-state index contributed by atoms with van der Waals surface area (Å²) in [7, 11) is -3.71. The highest BCUT2D eigenvalue weighted by Gasteiger charge is 2.15. The fourth-order valence-electron chi connectivity index (χ4n) is 1.63. The molecule has 2 rings (SSSR count). The smallest absolute Gasteiger partial charge is 0.261 e. The summed E-state index contributed by atoms with van der Waals surface area (Å²) in [5, 5.41) is 8.94. The molecule has 0 unspecified atom stereocenters. The molecule has 0 aromatic heterocycles. The lowest BCUT2D eigenvalue weighted by Crippen LogP contribution is -2.13. The number of hydrogen-bond acceptors (Lipinski definition) is 3. The standard InChI is InChI=1S/C15H12ClNO3S/c16-14-9-8-12(5-4-10-18)11-15(14)17-21(19,20)13-6-2-1-3-7-13/h1-3,6-9,11,17-18H,10H2. The number of aliphatic hydroxyl groups excluding tert-OH is 1. The maximum Gasteiger partial charge on any atom is 0.261 e. The highest BCUT2D eigenvalue weighted by Crippen LogP contribution is 2.25. The van der Waals surface area contributed by atoms with Gasteiger partial charge in [0, 0.05) is 5.56 Å². The first-order chi connectivity index (χ1) is 10.0. The van der Waals surface area contributed by atoms with E-state index < -0.39 is 10.0 Å². The van der Waals surface area contributed by atoms with Crippen molar-refractivity contribution in [2.24, 2.45) is 0 Å². The van der Waals surface area contributed by atoms with E-state index in [0.717, 1.165) is 0 Å². The molecule has 0 amide bonds. The monoisotopic (exact) mass is 321 g/mol. The van der Waals surface area contributed by atoms with Gasteiger partial charge in [-0.05, 0) is 30.3 Å². The van der Waals surface area contributed by atoms with Crippen molar-refractivity contribution in [3.8, 4) is 11.8 Å². The fourth-order valence-corrected chi connectivity index (χ4v) is 2.94. The van der Waals surface area contributed by atoms with E-state index >= 15 is 0 Å². The first-order valence-corrected chi connectivity index (χ1v) is 7.86. The second kappa shape index (κ2) is 6.64. The Morgan fingerprint density at radius 1 is 1.14 bits per heavy atom. The number of halogens is 1. The highest BCUT2D eigenvalue weighted by atomic mass is 35.5. The second-order valence-corrected chi connectivity index (χ2v) is 6.16. The number of aliphatic hydroxyl groups is 1. The van der Waals surface area contributed by atoms with Crippen molar-refractivity contribution in [1.29, 1.82) is 0 Å². The van der Waals surface area contributed by atoms with Crippen molar-refractivity contribution in [1.82, 2.24) is 0 Å². The Morgan fingerprint density at radius 2 is 1.86 bits per heavy atom. The van der Waals surface area contributed by atoms with Crippen LogP contribution < -0.4 is 4.72 Å². The summed E-state index contributed by atoms with van der Waals surface area (Å²) in [5.41, 5.74) is 0.796. The SMILES string of the molecule is O=S(=O)(Nc1cc(C#CCO)ccc1Cl)c1ccccc1. The van der Waals surface area contributed by atoms with Crippen molar-refractivity contribution in [3.63, 3.8) is 0 Å². The van der Waals surface area contributed by atoms with Crippen LogP contribution in [0, 0.1) is 11.8 Å². The molecule has 0 aliphatic carbocycles. The minimum absolute atomic E-state index is 0.146. The number of hydrogen-bond donors (Lipinski definition) is 2. The predicted octanol–water partition coefficient (Wildman–Crippen LogP) is 2.48. The van der Waals surface area contributed by atoms with Gasteiger partial charge in [-0.1, -0.05) is 41.6 Å².